The third kappa shape index (κ3) is 4.28. The summed E-state index contributed by atoms with van der Waals surface area (Å²) in [6, 6.07) is 7.78. The maximum absolute atomic E-state index is 12.2. The minimum atomic E-state index is 0.0815. The molecule has 0 bridgehead atoms. The van der Waals surface area contributed by atoms with Gasteiger partial charge < -0.3 is 10.2 Å². The van der Waals surface area contributed by atoms with Crippen molar-refractivity contribution in [2.45, 2.75) is 19.3 Å². The van der Waals surface area contributed by atoms with Gasteiger partial charge in [-0.05, 0) is 30.0 Å². The number of carbonyl (C=O) groups is 2. The average Bonchev–Trinajstić information content (AvgIpc) is 3.36. The second kappa shape index (κ2) is 7.53. The molecule has 1 saturated carbocycles. The monoisotopic (exact) mass is 349 g/mol. The van der Waals surface area contributed by atoms with Gasteiger partial charge in [-0.15, -0.1) is 0 Å². The molecule has 130 valence electrons. The van der Waals surface area contributed by atoms with Crippen molar-refractivity contribution in [3.8, 4) is 0 Å². The van der Waals surface area contributed by atoms with Crippen molar-refractivity contribution in [3.05, 3.63) is 34.9 Å². The van der Waals surface area contributed by atoms with Gasteiger partial charge in [-0.1, -0.05) is 23.7 Å². The van der Waals surface area contributed by atoms with Crippen LogP contribution < -0.4 is 5.32 Å². The smallest absolute Gasteiger partial charge is 0.223 e. The maximum atomic E-state index is 12.2. The highest BCUT2D eigenvalue weighted by molar-refractivity contribution is 6.30. The van der Waals surface area contributed by atoms with Crippen LogP contribution in [0, 0.1) is 5.92 Å². The van der Waals surface area contributed by atoms with Gasteiger partial charge in [0, 0.05) is 57.1 Å². The molecule has 5 nitrogen and oxygen atoms in total. The zero-order valence-electron chi connectivity index (χ0n) is 14.0. The maximum Gasteiger partial charge on any atom is 0.223 e. The molecule has 0 aromatic heterocycles. The number of piperazine rings is 1. The van der Waals surface area contributed by atoms with Gasteiger partial charge in [-0.3, -0.25) is 14.5 Å². The molecule has 2 amide bonds. The van der Waals surface area contributed by atoms with E-state index in [1.165, 1.54) is 0 Å². The molecule has 1 heterocycles. The standard InChI is InChI=1S/C18H24ClN3O2/c1-13(23)22-9-7-21(8-10-22)6-5-20-18(24)17-12-16(17)14-3-2-4-15(19)11-14/h2-4,11,16-17H,5-10,12H2,1H3,(H,20,24)/t16-,17+/m1/s1. The van der Waals surface area contributed by atoms with Crippen molar-refractivity contribution in [2.24, 2.45) is 5.92 Å². The van der Waals surface area contributed by atoms with Gasteiger partial charge in [0.25, 0.3) is 0 Å². The van der Waals surface area contributed by atoms with Gasteiger partial charge in [-0.25, -0.2) is 0 Å². The molecule has 6 heteroatoms. The summed E-state index contributed by atoms with van der Waals surface area (Å²) in [6.45, 7) is 6.44. The molecule has 1 N–H and O–H groups in total. The van der Waals surface area contributed by atoms with Crippen LogP contribution in [0.5, 0.6) is 0 Å². The van der Waals surface area contributed by atoms with E-state index in [9.17, 15) is 9.59 Å². The third-order valence-corrected chi connectivity index (χ3v) is 5.18. The van der Waals surface area contributed by atoms with E-state index in [-0.39, 0.29) is 17.7 Å². The molecule has 24 heavy (non-hydrogen) atoms. The molecule has 0 unspecified atom stereocenters. The lowest BCUT2D eigenvalue weighted by atomic mass is 10.1. The van der Waals surface area contributed by atoms with Crippen LogP contribution >= 0.6 is 11.6 Å². The number of hydrogen-bond donors (Lipinski definition) is 1. The van der Waals surface area contributed by atoms with Crippen LogP contribution in [0.1, 0.15) is 24.8 Å². The number of rotatable bonds is 5. The van der Waals surface area contributed by atoms with E-state index in [1.807, 2.05) is 29.2 Å². The fourth-order valence-corrected chi connectivity index (χ4v) is 3.54. The second-order valence-electron chi connectivity index (χ2n) is 6.64. The van der Waals surface area contributed by atoms with Gasteiger partial charge >= 0.3 is 0 Å². The molecular formula is C18H24ClN3O2. The Hall–Kier alpha value is -1.59. The van der Waals surface area contributed by atoms with Gasteiger partial charge in [0.15, 0.2) is 0 Å². The molecule has 2 atom stereocenters. The Morgan fingerprint density at radius 1 is 1.25 bits per heavy atom. The summed E-state index contributed by atoms with van der Waals surface area (Å²) in [6.07, 6.45) is 0.906. The van der Waals surface area contributed by atoms with Crippen LogP contribution in [-0.4, -0.2) is 60.9 Å². The number of benzene rings is 1. The Balaban J connectivity index is 1.36. The quantitative estimate of drug-likeness (QED) is 0.880. The SMILES string of the molecule is CC(=O)N1CCN(CCNC(=O)[C@H]2C[C@@H]2c2cccc(Cl)c2)CC1. The van der Waals surface area contributed by atoms with E-state index in [4.69, 9.17) is 11.6 Å². The molecule has 3 rings (SSSR count). The Morgan fingerprint density at radius 3 is 2.67 bits per heavy atom. The predicted molar refractivity (Wildman–Crippen MR) is 94.0 cm³/mol. The summed E-state index contributed by atoms with van der Waals surface area (Å²) in [5.41, 5.74) is 1.16. The minimum Gasteiger partial charge on any atom is -0.355 e. The van der Waals surface area contributed by atoms with E-state index in [1.54, 1.807) is 6.92 Å². The largest absolute Gasteiger partial charge is 0.355 e. The fourth-order valence-electron chi connectivity index (χ4n) is 3.35. The Morgan fingerprint density at radius 2 is 2.00 bits per heavy atom. The van der Waals surface area contributed by atoms with Crippen LogP contribution in [0.3, 0.4) is 0 Å². The number of carbonyl (C=O) groups excluding carboxylic acids is 2. The van der Waals surface area contributed by atoms with Crippen molar-refractivity contribution in [1.82, 2.24) is 15.1 Å². The fraction of sp³-hybridized carbons (Fsp3) is 0.556. The molecule has 2 fully saturated rings. The zero-order chi connectivity index (χ0) is 17.1. The van der Waals surface area contributed by atoms with Gasteiger partial charge in [-0.2, -0.15) is 0 Å². The Kier molecular flexibility index (Phi) is 5.41. The lowest BCUT2D eigenvalue weighted by Gasteiger charge is -2.34. The van der Waals surface area contributed by atoms with Crippen molar-refractivity contribution in [3.63, 3.8) is 0 Å². The minimum absolute atomic E-state index is 0.0815. The van der Waals surface area contributed by atoms with E-state index >= 15 is 0 Å². The van der Waals surface area contributed by atoms with Crippen LogP contribution in [0.4, 0.5) is 0 Å². The normalized spacial score (nSPS) is 23.8. The van der Waals surface area contributed by atoms with Crippen molar-refractivity contribution >= 4 is 23.4 Å². The molecule has 0 spiro atoms. The number of nitrogens with zero attached hydrogens (tertiary/aromatic N) is 2. The summed E-state index contributed by atoms with van der Waals surface area (Å²) in [4.78, 5) is 27.7. The summed E-state index contributed by atoms with van der Waals surface area (Å²) in [5.74, 6) is 0.673. The number of nitrogens with one attached hydrogen (secondary N) is 1. The first-order chi connectivity index (χ1) is 11.5. The first kappa shape index (κ1) is 17.2. The lowest BCUT2D eigenvalue weighted by molar-refractivity contribution is -0.130. The Bertz CT molecular complexity index is 614. The first-order valence-corrected chi connectivity index (χ1v) is 8.93. The van der Waals surface area contributed by atoms with Crippen LogP contribution in [-0.2, 0) is 9.59 Å². The number of hydrogen-bond acceptors (Lipinski definition) is 3. The summed E-state index contributed by atoms with van der Waals surface area (Å²) < 4.78 is 0. The predicted octanol–water partition coefficient (Wildman–Crippen LogP) is 1.72. The van der Waals surface area contributed by atoms with Gasteiger partial charge in [0.2, 0.25) is 11.8 Å². The van der Waals surface area contributed by atoms with Crippen molar-refractivity contribution < 1.29 is 9.59 Å². The van der Waals surface area contributed by atoms with E-state index < -0.39 is 0 Å². The average molecular weight is 350 g/mol. The topological polar surface area (TPSA) is 52.7 Å². The highest BCUT2D eigenvalue weighted by atomic mass is 35.5. The van der Waals surface area contributed by atoms with E-state index in [2.05, 4.69) is 10.2 Å². The molecule has 2 aliphatic rings. The van der Waals surface area contributed by atoms with Crippen molar-refractivity contribution in [1.29, 1.82) is 0 Å². The van der Waals surface area contributed by atoms with Crippen LogP contribution in [0.25, 0.3) is 0 Å². The van der Waals surface area contributed by atoms with Crippen molar-refractivity contribution in [2.75, 3.05) is 39.3 Å². The van der Waals surface area contributed by atoms with Gasteiger partial charge in [0.1, 0.15) is 0 Å². The van der Waals surface area contributed by atoms with Gasteiger partial charge in [0.05, 0.1) is 0 Å². The highest BCUT2D eigenvalue weighted by Crippen LogP contribution is 2.47. The third-order valence-electron chi connectivity index (χ3n) is 4.95. The molecular weight excluding hydrogens is 326 g/mol. The summed E-state index contributed by atoms with van der Waals surface area (Å²) >= 11 is 6.01. The highest BCUT2D eigenvalue weighted by Gasteiger charge is 2.43. The molecule has 1 aliphatic heterocycles. The summed E-state index contributed by atoms with van der Waals surface area (Å²) in [5, 5.41) is 3.77. The lowest BCUT2D eigenvalue weighted by Crippen LogP contribution is -2.49. The summed E-state index contributed by atoms with van der Waals surface area (Å²) in [7, 11) is 0. The van der Waals surface area contributed by atoms with E-state index in [0.29, 0.717) is 12.5 Å². The molecule has 1 saturated heterocycles. The molecule has 0 radical (unpaired) electrons. The first-order valence-electron chi connectivity index (χ1n) is 8.55. The zero-order valence-corrected chi connectivity index (χ0v) is 14.8. The molecule has 1 aliphatic carbocycles. The van der Waals surface area contributed by atoms with Crippen LogP contribution in [0.2, 0.25) is 5.02 Å². The Labute approximate surface area is 147 Å². The molecule has 1 aromatic rings. The van der Waals surface area contributed by atoms with E-state index in [0.717, 1.165) is 49.7 Å². The van der Waals surface area contributed by atoms with Crippen LogP contribution in [0.15, 0.2) is 24.3 Å². The number of halogens is 1. The number of amides is 2. The molecule has 1 aromatic carbocycles. The second-order valence-corrected chi connectivity index (χ2v) is 7.08.